The van der Waals surface area contributed by atoms with Gasteiger partial charge in [-0.15, -0.1) is 0 Å². The van der Waals surface area contributed by atoms with Crippen molar-refractivity contribution in [3.8, 4) is 5.75 Å². The van der Waals surface area contributed by atoms with Crippen LogP contribution in [0.2, 0.25) is 0 Å². The van der Waals surface area contributed by atoms with Gasteiger partial charge in [0.2, 0.25) is 0 Å². The second-order valence-corrected chi connectivity index (χ2v) is 6.15. The Hall–Kier alpha value is -2.71. The summed E-state index contributed by atoms with van der Waals surface area (Å²) in [6, 6.07) is 7.83. The van der Waals surface area contributed by atoms with E-state index in [1.807, 2.05) is 28.8 Å². The highest BCUT2D eigenvalue weighted by Gasteiger charge is 2.38. The molecule has 1 fully saturated rings. The summed E-state index contributed by atoms with van der Waals surface area (Å²) in [7, 11) is 1.65. The average Bonchev–Trinajstić information content (AvgIpc) is 3.31. The maximum atomic E-state index is 5.99. The summed E-state index contributed by atoms with van der Waals surface area (Å²) in [6.45, 7) is 1.91. The lowest BCUT2D eigenvalue weighted by Crippen LogP contribution is -2.27. The number of aromatic nitrogens is 4. The number of benzene rings is 1. The monoisotopic (exact) mass is 355 g/mol. The molecule has 26 heavy (non-hydrogen) atoms. The molecule has 1 aliphatic heterocycles. The Morgan fingerprint density at radius 2 is 1.92 bits per heavy atom. The fraction of sp³-hybridized carbons (Fsp3) is 0.389. The molecule has 0 atom stereocenters. The van der Waals surface area contributed by atoms with E-state index in [0.29, 0.717) is 24.5 Å². The molecular weight excluding hydrogens is 334 g/mol. The summed E-state index contributed by atoms with van der Waals surface area (Å²) in [5.74, 6) is 0.492. The second-order valence-electron chi connectivity index (χ2n) is 6.15. The average molecular weight is 355 g/mol. The van der Waals surface area contributed by atoms with Crippen LogP contribution in [-0.2, 0) is 21.8 Å². The molecule has 0 amide bonds. The Morgan fingerprint density at radius 1 is 1.15 bits per heavy atom. The van der Waals surface area contributed by atoms with Crippen molar-refractivity contribution in [3.05, 3.63) is 42.5 Å². The molecule has 1 aromatic carbocycles. The highest BCUT2D eigenvalue weighted by atomic mass is 16.7. The molecule has 0 radical (unpaired) electrons. The van der Waals surface area contributed by atoms with Gasteiger partial charge in [-0.25, -0.2) is 15.0 Å². The Morgan fingerprint density at radius 3 is 2.65 bits per heavy atom. The van der Waals surface area contributed by atoms with Gasteiger partial charge in [0.25, 0.3) is 0 Å². The molecule has 2 aromatic heterocycles. The minimum absolute atomic E-state index is 0.394. The number of nitrogens with two attached hydrogens (primary N) is 1. The summed E-state index contributed by atoms with van der Waals surface area (Å²) < 4.78 is 19.2. The number of fused-ring (bicyclic) bond motifs is 1. The minimum atomic E-state index is -0.712. The molecular formula is C18H21N5O3. The predicted molar refractivity (Wildman–Crippen MR) is 95.5 cm³/mol. The lowest BCUT2D eigenvalue weighted by atomic mass is 10.0. The Kier molecular flexibility index (Phi) is 4.44. The third kappa shape index (κ3) is 2.97. The van der Waals surface area contributed by atoms with Crippen molar-refractivity contribution in [3.63, 3.8) is 0 Å². The minimum Gasteiger partial charge on any atom is -0.497 e. The van der Waals surface area contributed by atoms with Crippen LogP contribution in [0.1, 0.15) is 18.4 Å². The molecule has 136 valence electrons. The Labute approximate surface area is 150 Å². The van der Waals surface area contributed by atoms with E-state index in [9.17, 15) is 0 Å². The number of ether oxygens (including phenoxy) is 3. The van der Waals surface area contributed by atoms with Gasteiger partial charge >= 0.3 is 0 Å². The van der Waals surface area contributed by atoms with Crippen molar-refractivity contribution in [1.29, 1.82) is 0 Å². The number of anilines is 1. The van der Waals surface area contributed by atoms with Crippen molar-refractivity contribution in [2.45, 2.75) is 25.2 Å². The number of rotatable bonds is 6. The van der Waals surface area contributed by atoms with E-state index in [-0.39, 0.29) is 0 Å². The van der Waals surface area contributed by atoms with E-state index in [4.69, 9.17) is 19.9 Å². The van der Waals surface area contributed by atoms with Gasteiger partial charge in [-0.2, -0.15) is 0 Å². The zero-order chi connectivity index (χ0) is 18.0. The highest BCUT2D eigenvalue weighted by molar-refractivity contribution is 5.81. The number of hydrogen-bond donors (Lipinski definition) is 1. The van der Waals surface area contributed by atoms with E-state index in [0.717, 1.165) is 36.3 Å². The first kappa shape index (κ1) is 16.7. The Bertz CT molecular complexity index is 887. The number of hydrogen-bond acceptors (Lipinski definition) is 7. The van der Waals surface area contributed by atoms with Gasteiger partial charge in [0.1, 0.15) is 17.6 Å². The third-order valence-corrected chi connectivity index (χ3v) is 4.62. The van der Waals surface area contributed by atoms with Crippen LogP contribution >= 0.6 is 0 Å². The Balaban J connectivity index is 1.49. The molecule has 3 aromatic rings. The van der Waals surface area contributed by atoms with Gasteiger partial charge in [-0.1, -0.05) is 0 Å². The van der Waals surface area contributed by atoms with Crippen LogP contribution in [-0.4, -0.2) is 39.8 Å². The normalized spacial score (nSPS) is 16.2. The van der Waals surface area contributed by atoms with Crippen LogP contribution in [0.3, 0.4) is 0 Å². The first-order valence-electron chi connectivity index (χ1n) is 8.56. The summed E-state index contributed by atoms with van der Waals surface area (Å²) in [5, 5.41) is 0. The van der Waals surface area contributed by atoms with E-state index >= 15 is 0 Å². The van der Waals surface area contributed by atoms with Gasteiger partial charge in [0.15, 0.2) is 17.3 Å². The van der Waals surface area contributed by atoms with Crippen molar-refractivity contribution >= 4 is 17.0 Å². The lowest BCUT2D eigenvalue weighted by Gasteiger charge is -2.28. The number of methoxy groups -OCH3 is 1. The summed E-state index contributed by atoms with van der Waals surface area (Å²) in [4.78, 5) is 12.5. The summed E-state index contributed by atoms with van der Waals surface area (Å²) in [5.41, 5.74) is 8.21. The molecule has 0 bridgehead atoms. The molecule has 0 aliphatic carbocycles. The molecule has 1 aliphatic rings. The van der Waals surface area contributed by atoms with Crippen molar-refractivity contribution in [1.82, 2.24) is 19.5 Å². The zero-order valence-corrected chi connectivity index (χ0v) is 14.6. The van der Waals surface area contributed by atoms with Crippen LogP contribution in [0.5, 0.6) is 5.75 Å². The molecule has 1 saturated heterocycles. The highest BCUT2D eigenvalue weighted by Crippen LogP contribution is 2.37. The van der Waals surface area contributed by atoms with Gasteiger partial charge in [0, 0.05) is 18.5 Å². The predicted octanol–water partition coefficient (Wildman–Crippen LogP) is 2.10. The lowest BCUT2D eigenvalue weighted by molar-refractivity contribution is -0.172. The van der Waals surface area contributed by atoms with Gasteiger partial charge in [-0.3, -0.25) is 0 Å². The van der Waals surface area contributed by atoms with Crippen molar-refractivity contribution < 1.29 is 14.2 Å². The fourth-order valence-corrected chi connectivity index (χ4v) is 3.30. The SMILES string of the molecule is COc1ccc(C2(CCCn3cnc4c(N)ncnc43)OCCO2)cc1. The molecule has 2 N–H and O–H groups in total. The number of aryl methyl sites for hydroxylation is 1. The van der Waals surface area contributed by atoms with Crippen LogP contribution < -0.4 is 10.5 Å². The van der Waals surface area contributed by atoms with E-state index in [2.05, 4.69) is 15.0 Å². The topological polar surface area (TPSA) is 97.3 Å². The van der Waals surface area contributed by atoms with Crippen molar-refractivity contribution in [2.24, 2.45) is 0 Å². The standard InChI is InChI=1S/C18H21N5O3/c1-24-14-5-3-13(4-6-14)18(25-9-10-26-18)7-2-8-23-12-22-15-16(19)20-11-21-17(15)23/h3-6,11-12H,2,7-10H2,1H3,(H2,19,20,21). The smallest absolute Gasteiger partial charge is 0.195 e. The second kappa shape index (κ2) is 6.89. The van der Waals surface area contributed by atoms with Gasteiger partial charge in [-0.05, 0) is 30.7 Å². The molecule has 0 spiro atoms. The van der Waals surface area contributed by atoms with Crippen molar-refractivity contribution in [2.75, 3.05) is 26.1 Å². The molecule has 8 heteroatoms. The first-order valence-corrected chi connectivity index (χ1v) is 8.56. The van der Waals surface area contributed by atoms with E-state index < -0.39 is 5.79 Å². The summed E-state index contributed by atoms with van der Waals surface area (Å²) >= 11 is 0. The molecule has 8 nitrogen and oxygen atoms in total. The quantitative estimate of drug-likeness (QED) is 0.723. The number of nitrogens with zero attached hydrogens (tertiary/aromatic N) is 4. The summed E-state index contributed by atoms with van der Waals surface area (Å²) in [6.07, 6.45) is 4.75. The van der Waals surface area contributed by atoms with E-state index in [1.165, 1.54) is 6.33 Å². The number of imidazole rings is 1. The van der Waals surface area contributed by atoms with E-state index in [1.54, 1.807) is 13.4 Å². The fourth-order valence-electron chi connectivity index (χ4n) is 3.30. The first-order chi connectivity index (χ1) is 12.7. The van der Waals surface area contributed by atoms with Crippen LogP contribution in [0, 0.1) is 0 Å². The maximum Gasteiger partial charge on any atom is 0.195 e. The number of nitrogen functional groups attached to an aromatic ring is 1. The molecule has 3 heterocycles. The maximum absolute atomic E-state index is 5.99. The van der Waals surface area contributed by atoms with Gasteiger partial charge < -0.3 is 24.5 Å². The zero-order valence-electron chi connectivity index (χ0n) is 14.6. The molecule has 4 rings (SSSR count). The molecule has 0 saturated carbocycles. The largest absolute Gasteiger partial charge is 0.497 e. The molecule has 0 unspecified atom stereocenters. The van der Waals surface area contributed by atoms with Crippen LogP contribution in [0.15, 0.2) is 36.9 Å². The van der Waals surface area contributed by atoms with Gasteiger partial charge in [0.05, 0.1) is 26.7 Å². The van der Waals surface area contributed by atoms with Crippen LogP contribution in [0.25, 0.3) is 11.2 Å². The third-order valence-electron chi connectivity index (χ3n) is 4.62. The van der Waals surface area contributed by atoms with Crippen LogP contribution in [0.4, 0.5) is 5.82 Å².